The van der Waals surface area contributed by atoms with Gasteiger partial charge in [0.2, 0.25) is 0 Å². The van der Waals surface area contributed by atoms with Crippen LogP contribution in [0.3, 0.4) is 0 Å². The first kappa shape index (κ1) is 29.1. The molecule has 1 aromatic carbocycles. The van der Waals surface area contributed by atoms with Crippen molar-refractivity contribution in [2.45, 2.75) is 110 Å². The van der Waals surface area contributed by atoms with Gasteiger partial charge in [0.1, 0.15) is 12.3 Å². The number of nitrogens with zero attached hydrogens (tertiary/aromatic N) is 2. The van der Waals surface area contributed by atoms with E-state index in [1.165, 1.54) is 12.0 Å². The number of piperidine rings is 1. The maximum atomic E-state index is 13.5. The topological polar surface area (TPSA) is 88.4 Å². The van der Waals surface area contributed by atoms with Crippen molar-refractivity contribution in [2.75, 3.05) is 6.54 Å². The van der Waals surface area contributed by atoms with Crippen LogP contribution < -0.4 is 0 Å². The molecule has 232 valence electrons. The van der Waals surface area contributed by atoms with E-state index in [0.717, 1.165) is 44.1 Å². The average molecular weight is 589 g/mol. The van der Waals surface area contributed by atoms with Gasteiger partial charge in [-0.15, -0.1) is 0 Å². The molecule has 0 unspecified atom stereocenters. The highest BCUT2D eigenvalue weighted by molar-refractivity contribution is 6.40. The molecule has 1 aromatic rings. The van der Waals surface area contributed by atoms with Crippen LogP contribution >= 0.6 is 0 Å². The molecule has 1 amide bonds. The fraction of sp³-hybridized carbons (Fsp3) is 0.694. The molecule has 10 atom stereocenters. The van der Waals surface area contributed by atoms with Crippen molar-refractivity contribution in [1.82, 2.24) is 4.90 Å². The lowest BCUT2D eigenvalue weighted by Gasteiger charge is -2.52. The summed E-state index contributed by atoms with van der Waals surface area (Å²) in [5, 5.41) is 13.0. The zero-order valence-corrected chi connectivity index (χ0v) is 26.3. The maximum Gasteiger partial charge on any atom is 0.410 e. The molecule has 7 rings (SSSR count). The van der Waals surface area contributed by atoms with Gasteiger partial charge in [0.25, 0.3) is 0 Å². The van der Waals surface area contributed by atoms with E-state index in [0.29, 0.717) is 54.7 Å². The molecule has 0 bridgehead atoms. The second kappa shape index (κ2) is 10.7. The zero-order valence-electron chi connectivity index (χ0n) is 26.3. The summed E-state index contributed by atoms with van der Waals surface area (Å²) in [7, 11) is 0. The second-order valence-corrected chi connectivity index (χ2v) is 15.3. The minimum atomic E-state index is -0.261. The first-order valence-corrected chi connectivity index (χ1v) is 16.7. The lowest BCUT2D eigenvalue weighted by Crippen LogP contribution is -2.54. The number of ketones is 1. The molecule has 3 saturated carbocycles. The van der Waals surface area contributed by atoms with E-state index in [-0.39, 0.29) is 47.6 Å². The predicted molar refractivity (Wildman–Crippen MR) is 164 cm³/mol. The normalized spacial score (nSPS) is 43.2. The van der Waals surface area contributed by atoms with Crippen LogP contribution in [0.1, 0.15) is 91.0 Å². The number of likely N-dealkylation sites (tertiary alicyclic amines) is 1. The number of benzene rings is 1. The van der Waals surface area contributed by atoms with E-state index < -0.39 is 0 Å². The van der Waals surface area contributed by atoms with Gasteiger partial charge in [-0.25, -0.2) is 4.79 Å². The number of allylic oxidation sites excluding steroid dienone is 1. The summed E-state index contributed by atoms with van der Waals surface area (Å²) in [4.78, 5) is 28.1. The monoisotopic (exact) mass is 588 g/mol. The number of hydrogen-bond acceptors (Lipinski definition) is 6. The predicted octanol–water partition coefficient (Wildman–Crippen LogP) is 7.17. The maximum absolute atomic E-state index is 13.5. The number of hydrogen-bond donors (Lipinski definition) is 1. The Balaban J connectivity index is 1.12. The molecular weight excluding hydrogens is 540 g/mol. The van der Waals surface area contributed by atoms with Gasteiger partial charge in [0, 0.05) is 25.3 Å². The van der Waals surface area contributed by atoms with Crippen LogP contribution in [0, 0.1) is 40.9 Å². The molecular formula is C36H48N2O5. The van der Waals surface area contributed by atoms with Crippen LogP contribution in [0.15, 0.2) is 46.6 Å². The first-order chi connectivity index (χ1) is 20.6. The molecule has 7 heteroatoms. The minimum Gasteiger partial charge on any atom is -0.445 e. The summed E-state index contributed by atoms with van der Waals surface area (Å²) >= 11 is 0. The molecule has 2 heterocycles. The fourth-order valence-corrected chi connectivity index (χ4v) is 10.8. The van der Waals surface area contributed by atoms with Crippen molar-refractivity contribution in [3.8, 4) is 0 Å². The van der Waals surface area contributed by atoms with Crippen molar-refractivity contribution < 1.29 is 24.3 Å². The van der Waals surface area contributed by atoms with Crippen molar-refractivity contribution >= 4 is 17.6 Å². The highest BCUT2D eigenvalue weighted by Gasteiger charge is 2.61. The van der Waals surface area contributed by atoms with Crippen LogP contribution in [-0.2, 0) is 20.9 Å². The summed E-state index contributed by atoms with van der Waals surface area (Å²) in [6, 6.07) is 9.95. The average Bonchev–Trinajstić information content (AvgIpc) is 3.46. The van der Waals surface area contributed by atoms with E-state index in [1.54, 1.807) is 5.57 Å². The number of amides is 1. The van der Waals surface area contributed by atoms with Gasteiger partial charge in [0.05, 0.1) is 17.7 Å². The highest BCUT2D eigenvalue weighted by Crippen LogP contribution is 2.65. The summed E-state index contributed by atoms with van der Waals surface area (Å²) in [6.07, 6.45) is 8.35. The van der Waals surface area contributed by atoms with Crippen molar-refractivity contribution in [3.63, 3.8) is 0 Å². The van der Waals surface area contributed by atoms with Gasteiger partial charge >= 0.3 is 6.09 Å². The quantitative estimate of drug-likeness (QED) is 0.225. The number of oxime groups is 1. The summed E-state index contributed by atoms with van der Waals surface area (Å²) in [6.45, 7) is 10.3. The van der Waals surface area contributed by atoms with Gasteiger partial charge in [-0.3, -0.25) is 4.79 Å². The Labute approximate surface area is 256 Å². The molecule has 0 radical (unpaired) electrons. The van der Waals surface area contributed by atoms with Crippen molar-refractivity contribution in [3.05, 3.63) is 47.0 Å². The van der Waals surface area contributed by atoms with Gasteiger partial charge in [-0.1, -0.05) is 67.4 Å². The summed E-state index contributed by atoms with van der Waals surface area (Å²) < 4.78 is 13.0. The molecule has 2 saturated heterocycles. The first-order valence-electron chi connectivity index (χ1n) is 16.7. The minimum absolute atomic E-state index is 0.0123. The Bertz CT molecular complexity index is 1340. The Morgan fingerprint density at radius 2 is 1.93 bits per heavy atom. The van der Waals surface area contributed by atoms with E-state index in [9.17, 15) is 14.8 Å². The van der Waals surface area contributed by atoms with E-state index in [4.69, 9.17) is 9.47 Å². The molecule has 2 aliphatic heterocycles. The molecule has 43 heavy (non-hydrogen) atoms. The smallest absolute Gasteiger partial charge is 0.410 e. The number of carbonyl (C=O) groups is 2. The van der Waals surface area contributed by atoms with Gasteiger partial charge in [-0.2, -0.15) is 0 Å². The number of ether oxygens (including phenoxy) is 2. The van der Waals surface area contributed by atoms with E-state index >= 15 is 0 Å². The number of carbonyl (C=O) groups excluding carboxylic acids is 2. The second-order valence-electron chi connectivity index (χ2n) is 15.3. The molecule has 0 aromatic heterocycles. The highest BCUT2D eigenvalue weighted by atomic mass is 16.6. The SMILES string of the molecule is CC1=C2C[C@H]3[C@@H](CC[C@@H]4CC(=O)/C(=N/O)C[C@@]43C)[C@@H]2CC[C@@]2(C1)O[C@@H]1C[C@H](C)CN(C(=O)OCc3ccccc3)[C@H]1[C@H]2C. The summed E-state index contributed by atoms with van der Waals surface area (Å²) in [5.41, 5.74) is 4.25. The Morgan fingerprint density at radius 3 is 2.70 bits per heavy atom. The third kappa shape index (κ3) is 4.67. The lowest BCUT2D eigenvalue weighted by molar-refractivity contribution is -0.119. The zero-order chi connectivity index (χ0) is 30.1. The summed E-state index contributed by atoms with van der Waals surface area (Å²) in [5.74, 6) is 2.70. The number of fused-ring (bicyclic) bond motifs is 6. The van der Waals surface area contributed by atoms with Crippen LogP contribution in [-0.4, -0.2) is 52.0 Å². The van der Waals surface area contributed by atoms with E-state index in [1.807, 2.05) is 35.2 Å². The Morgan fingerprint density at radius 1 is 1.14 bits per heavy atom. The van der Waals surface area contributed by atoms with Crippen LogP contribution in [0.4, 0.5) is 4.79 Å². The number of rotatable bonds is 2. The third-order valence-corrected chi connectivity index (χ3v) is 13.0. The molecule has 7 nitrogen and oxygen atoms in total. The van der Waals surface area contributed by atoms with Crippen molar-refractivity contribution in [2.24, 2.45) is 46.1 Å². The largest absolute Gasteiger partial charge is 0.445 e. The van der Waals surface area contributed by atoms with Gasteiger partial charge in [-0.05, 0) is 92.4 Å². The van der Waals surface area contributed by atoms with Crippen LogP contribution in [0.2, 0.25) is 0 Å². The molecule has 1 spiro atoms. The molecule has 4 aliphatic carbocycles. The van der Waals surface area contributed by atoms with Gasteiger partial charge in [0.15, 0.2) is 5.78 Å². The number of Topliss-reactive ketones (excluding diaryl/α,β-unsaturated/α-hetero) is 1. The van der Waals surface area contributed by atoms with Crippen molar-refractivity contribution in [1.29, 1.82) is 0 Å². The Hall–Kier alpha value is -2.67. The lowest BCUT2D eigenvalue weighted by atomic mass is 9.52. The third-order valence-electron chi connectivity index (χ3n) is 13.0. The molecule has 5 fully saturated rings. The fourth-order valence-electron chi connectivity index (χ4n) is 10.8. The molecule has 6 aliphatic rings. The van der Waals surface area contributed by atoms with Crippen LogP contribution in [0.5, 0.6) is 0 Å². The van der Waals surface area contributed by atoms with Crippen LogP contribution in [0.25, 0.3) is 0 Å². The molecule has 1 N–H and O–H groups in total. The standard InChI is InChI=1S/C36H48N2O5/c1-21-14-32-33(38(19-21)34(40)42-20-24-8-6-5-7-9-24)23(3)36(43-32)13-12-26-27-11-10-25-15-31(39)30(37-41)18-35(25,4)29(27)16-28(26)22(2)17-36/h5-9,21,23,25-27,29,32-33,41H,10-20H2,1-4H3/b37-30+/t21-,23+,25+,26-,27-,29-,32+,33-,35-,36-/m0/s1. The van der Waals surface area contributed by atoms with Gasteiger partial charge < -0.3 is 19.6 Å². The van der Waals surface area contributed by atoms with E-state index in [2.05, 4.69) is 32.9 Å². The Kier molecular flexibility index (Phi) is 7.26.